The van der Waals surface area contributed by atoms with Crippen LogP contribution in [-0.4, -0.2) is 17.6 Å². The molecule has 0 saturated heterocycles. The smallest absolute Gasteiger partial charge is 0.262 e. The summed E-state index contributed by atoms with van der Waals surface area (Å²) in [6.07, 6.45) is 0.852. The number of amides is 1. The van der Waals surface area contributed by atoms with Crippen LogP contribution in [0.25, 0.3) is 0 Å². The summed E-state index contributed by atoms with van der Waals surface area (Å²) in [4.78, 5) is 11.8. The first-order chi connectivity index (χ1) is 9.69. The van der Waals surface area contributed by atoms with Crippen LogP contribution in [0.3, 0.4) is 0 Å². The number of anilines is 1. The first-order valence-electron chi connectivity index (χ1n) is 6.48. The van der Waals surface area contributed by atoms with E-state index in [0.717, 1.165) is 17.7 Å². The molecule has 0 atom stereocenters. The van der Waals surface area contributed by atoms with Crippen molar-refractivity contribution < 1.29 is 14.6 Å². The van der Waals surface area contributed by atoms with Crippen molar-refractivity contribution in [3.63, 3.8) is 0 Å². The maximum Gasteiger partial charge on any atom is 0.262 e. The Morgan fingerprint density at radius 3 is 2.75 bits per heavy atom. The van der Waals surface area contributed by atoms with Crippen molar-refractivity contribution in [1.29, 1.82) is 0 Å². The highest BCUT2D eigenvalue weighted by Crippen LogP contribution is 2.18. The molecule has 0 unspecified atom stereocenters. The minimum Gasteiger partial charge on any atom is -0.508 e. The van der Waals surface area contributed by atoms with E-state index in [1.807, 2.05) is 31.2 Å². The number of aryl methyl sites for hydroxylation is 1. The molecule has 104 valence electrons. The molecule has 0 spiro atoms. The van der Waals surface area contributed by atoms with Gasteiger partial charge in [-0.05, 0) is 30.2 Å². The molecule has 0 aliphatic carbocycles. The highest BCUT2D eigenvalue weighted by atomic mass is 16.5. The Morgan fingerprint density at radius 1 is 1.20 bits per heavy atom. The Kier molecular flexibility index (Phi) is 4.60. The molecule has 0 radical (unpaired) electrons. The first-order valence-corrected chi connectivity index (χ1v) is 6.48. The number of para-hydroxylation sites is 1. The number of benzene rings is 2. The number of aromatic hydroxyl groups is 1. The molecule has 0 aliphatic heterocycles. The van der Waals surface area contributed by atoms with Crippen LogP contribution >= 0.6 is 0 Å². The van der Waals surface area contributed by atoms with Crippen LogP contribution in [0.4, 0.5) is 5.69 Å². The number of ether oxygens (including phenoxy) is 1. The largest absolute Gasteiger partial charge is 0.508 e. The van der Waals surface area contributed by atoms with Gasteiger partial charge in [0.05, 0.1) is 0 Å². The standard InChI is InChI=1S/C16H17NO3/c1-2-12-6-3-4-9-15(12)20-11-16(19)17-13-7-5-8-14(18)10-13/h3-10,18H,2,11H2,1H3,(H,17,19). The average Bonchev–Trinajstić information content (AvgIpc) is 2.45. The Balaban J connectivity index is 1.92. The number of carbonyl (C=O) groups excluding carboxylic acids is 1. The molecule has 2 N–H and O–H groups in total. The fraction of sp³-hybridized carbons (Fsp3) is 0.188. The first kappa shape index (κ1) is 13.9. The third-order valence-electron chi connectivity index (χ3n) is 2.84. The van der Waals surface area contributed by atoms with Gasteiger partial charge in [0.15, 0.2) is 6.61 Å². The summed E-state index contributed by atoms with van der Waals surface area (Å²) in [5.74, 6) is 0.572. The molecule has 0 aromatic heterocycles. The highest BCUT2D eigenvalue weighted by molar-refractivity contribution is 5.92. The second-order valence-corrected chi connectivity index (χ2v) is 4.35. The number of hydrogen-bond donors (Lipinski definition) is 2. The van der Waals surface area contributed by atoms with E-state index in [1.54, 1.807) is 18.2 Å². The summed E-state index contributed by atoms with van der Waals surface area (Å²) in [6, 6.07) is 14.0. The van der Waals surface area contributed by atoms with Gasteiger partial charge in [0.2, 0.25) is 0 Å². The van der Waals surface area contributed by atoms with Crippen molar-refractivity contribution in [2.24, 2.45) is 0 Å². The summed E-state index contributed by atoms with van der Waals surface area (Å²) in [7, 11) is 0. The van der Waals surface area contributed by atoms with Crippen molar-refractivity contribution in [1.82, 2.24) is 0 Å². The number of nitrogens with one attached hydrogen (secondary N) is 1. The molecule has 2 aromatic rings. The second kappa shape index (κ2) is 6.61. The Hall–Kier alpha value is -2.49. The van der Waals surface area contributed by atoms with Crippen LogP contribution in [-0.2, 0) is 11.2 Å². The number of phenols is 1. The van der Waals surface area contributed by atoms with Crippen LogP contribution in [0.5, 0.6) is 11.5 Å². The molecule has 4 heteroatoms. The maximum atomic E-state index is 11.8. The van der Waals surface area contributed by atoms with E-state index in [1.165, 1.54) is 6.07 Å². The molecule has 2 rings (SSSR count). The third-order valence-corrected chi connectivity index (χ3v) is 2.84. The summed E-state index contributed by atoms with van der Waals surface area (Å²) in [5, 5.41) is 12.0. The number of phenolic OH excluding ortho intramolecular Hbond substituents is 1. The average molecular weight is 271 g/mol. The monoisotopic (exact) mass is 271 g/mol. The van der Waals surface area contributed by atoms with Gasteiger partial charge in [-0.3, -0.25) is 4.79 Å². The normalized spacial score (nSPS) is 10.1. The molecule has 2 aromatic carbocycles. The minimum absolute atomic E-state index is 0.0628. The molecule has 4 nitrogen and oxygen atoms in total. The number of hydrogen-bond acceptors (Lipinski definition) is 3. The molecule has 1 amide bonds. The van der Waals surface area contributed by atoms with Gasteiger partial charge in [-0.15, -0.1) is 0 Å². The topological polar surface area (TPSA) is 58.6 Å². The van der Waals surface area contributed by atoms with Crippen LogP contribution in [0.15, 0.2) is 48.5 Å². The molecule has 0 bridgehead atoms. The van der Waals surface area contributed by atoms with Gasteiger partial charge in [0.25, 0.3) is 5.91 Å². The van der Waals surface area contributed by atoms with Crippen molar-refractivity contribution in [3.05, 3.63) is 54.1 Å². The molecule has 0 aliphatic rings. The zero-order chi connectivity index (χ0) is 14.4. The van der Waals surface area contributed by atoms with Gasteiger partial charge >= 0.3 is 0 Å². The fourth-order valence-corrected chi connectivity index (χ4v) is 1.86. The van der Waals surface area contributed by atoms with Crippen LogP contribution in [0.1, 0.15) is 12.5 Å². The van der Waals surface area contributed by atoms with E-state index in [0.29, 0.717) is 5.69 Å². The van der Waals surface area contributed by atoms with Gasteiger partial charge in [-0.25, -0.2) is 0 Å². The summed E-state index contributed by atoms with van der Waals surface area (Å²) < 4.78 is 5.52. The predicted molar refractivity (Wildman–Crippen MR) is 78.1 cm³/mol. The molecule has 0 fully saturated rings. The predicted octanol–water partition coefficient (Wildman–Crippen LogP) is 2.97. The van der Waals surface area contributed by atoms with Crippen LogP contribution in [0.2, 0.25) is 0 Å². The summed E-state index contributed by atoms with van der Waals surface area (Å²) in [5.41, 5.74) is 1.61. The number of carbonyl (C=O) groups is 1. The lowest BCUT2D eigenvalue weighted by Crippen LogP contribution is -2.20. The maximum absolute atomic E-state index is 11.8. The lowest BCUT2D eigenvalue weighted by Gasteiger charge is -2.10. The van der Waals surface area contributed by atoms with E-state index in [-0.39, 0.29) is 18.3 Å². The van der Waals surface area contributed by atoms with Gasteiger partial charge in [-0.2, -0.15) is 0 Å². The SMILES string of the molecule is CCc1ccccc1OCC(=O)Nc1cccc(O)c1. The van der Waals surface area contributed by atoms with Crippen LogP contribution in [0, 0.1) is 0 Å². The molecule has 20 heavy (non-hydrogen) atoms. The molecular weight excluding hydrogens is 254 g/mol. The van der Waals surface area contributed by atoms with Crippen molar-refractivity contribution >= 4 is 11.6 Å². The highest BCUT2D eigenvalue weighted by Gasteiger charge is 2.06. The van der Waals surface area contributed by atoms with E-state index in [4.69, 9.17) is 4.74 Å². The van der Waals surface area contributed by atoms with Gasteiger partial charge in [-0.1, -0.05) is 31.2 Å². The van der Waals surface area contributed by atoms with E-state index >= 15 is 0 Å². The Morgan fingerprint density at radius 2 is 2.00 bits per heavy atom. The summed E-state index contributed by atoms with van der Waals surface area (Å²) >= 11 is 0. The summed E-state index contributed by atoms with van der Waals surface area (Å²) in [6.45, 7) is 1.97. The minimum atomic E-state index is -0.262. The molecular formula is C16H17NO3. The Labute approximate surface area is 118 Å². The van der Waals surface area contributed by atoms with Crippen LogP contribution < -0.4 is 10.1 Å². The van der Waals surface area contributed by atoms with Crippen molar-refractivity contribution in [2.75, 3.05) is 11.9 Å². The quantitative estimate of drug-likeness (QED) is 0.879. The third kappa shape index (κ3) is 3.75. The fourth-order valence-electron chi connectivity index (χ4n) is 1.86. The second-order valence-electron chi connectivity index (χ2n) is 4.35. The lowest BCUT2D eigenvalue weighted by atomic mass is 10.1. The van der Waals surface area contributed by atoms with E-state index in [2.05, 4.69) is 5.32 Å². The van der Waals surface area contributed by atoms with Crippen molar-refractivity contribution in [3.8, 4) is 11.5 Å². The van der Waals surface area contributed by atoms with E-state index < -0.39 is 0 Å². The number of rotatable bonds is 5. The zero-order valence-electron chi connectivity index (χ0n) is 11.3. The van der Waals surface area contributed by atoms with Crippen molar-refractivity contribution in [2.45, 2.75) is 13.3 Å². The Bertz CT molecular complexity index is 596. The van der Waals surface area contributed by atoms with Gasteiger partial charge in [0.1, 0.15) is 11.5 Å². The van der Waals surface area contributed by atoms with Gasteiger partial charge in [0, 0.05) is 11.8 Å². The zero-order valence-corrected chi connectivity index (χ0v) is 11.3. The molecule has 0 saturated carbocycles. The lowest BCUT2D eigenvalue weighted by molar-refractivity contribution is -0.118. The molecule has 0 heterocycles. The van der Waals surface area contributed by atoms with E-state index in [9.17, 15) is 9.90 Å². The van der Waals surface area contributed by atoms with Gasteiger partial charge < -0.3 is 15.2 Å².